The zero-order chi connectivity index (χ0) is 9.35. The van der Waals surface area contributed by atoms with E-state index in [2.05, 4.69) is 30.7 Å². The second kappa shape index (κ2) is 2.81. The van der Waals surface area contributed by atoms with Crippen molar-refractivity contribution in [3.8, 4) is 5.88 Å². The molecule has 0 aliphatic heterocycles. The lowest BCUT2D eigenvalue weighted by molar-refractivity contribution is 0.445. The van der Waals surface area contributed by atoms with E-state index in [9.17, 15) is 5.11 Å². The van der Waals surface area contributed by atoms with Gasteiger partial charge < -0.3 is 10.1 Å². The van der Waals surface area contributed by atoms with E-state index in [0.29, 0.717) is 0 Å². The first-order valence-electron chi connectivity index (χ1n) is 4.23. The van der Waals surface area contributed by atoms with E-state index in [1.165, 1.54) is 0 Å². The summed E-state index contributed by atoms with van der Waals surface area (Å²) in [5.41, 5.74) is 0.796. The zero-order valence-electron chi connectivity index (χ0n) is 8.10. The maximum Gasteiger partial charge on any atom is 0.232 e. The zero-order valence-corrected chi connectivity index (χ0v) is 8.10. The van der Waals surface area contributed by atoms with Gasteiger partial charge in [-0.2, -0.15) is 4.98 Å². The average molecular weight is 168 g/mol. The number of H-pyrrole nitrogens is 1. The number of hydrogen-bond acceptors (Lipinski definition) is 2. The Labute approximate surface area is 72.8 Å². The minimum Gasteiger partial charge on any atom is -0.492 e. The van der Waals surface area contributed by atoms with Gasteiger partial charge in [0.1, 0.15) is 5.82 Å². The van der Waals surface area contributed by atoms with Crippen molar-refractivity contribution in [1.82, 2.24) is 9.97 Å². The summed E-state index contributed by atoms with van der Waals surface area (Å²) in [5, 5.41) is 9.35. The molecule has 1 rings (SSSR count). The Morgan fingerprint density at radius 3 is 2.25 bits per heavy atom. The van der Waals surface area contributed by atoms with Crippen LogP contribution in [0.3, 0.4) is 0 Å². The van der Waals surface area contributed by atoms with Crippen LogP contribution >= 0.6 is 0 Å². The van der Waals surface area contributed by atoms with E-state index in [0.717, 1.165) is 17.9 Å². The normalized spacial score (nSPS) is 12.0. The van der Waals surface area contributed by atoms with Gasteiger partial charge in [-0.3, -0.25) is 0 Å². The SMILES string of the molecule is CCc1[nH]c(C(C)(C)C)nc1O. The highest BCUT2D eigenvalue weighted by Crippen LogP contribution is 2.23. The fourth-order valence-electron chi connectivity index (χ4n) is 1.00. The number of nitrogens with one attached hydrogen (secondary N) is 1. The Bertz CT molecular complexity index is 271. The summed E-state index contributed by atoms with van der Waals surface area (Å²) in [7, 11) is 0. The monoisotopic (exact) mass is 168 g/mol. The predicted molar refractivity (Wildman–Crippen MR) is 48.3 cm³/mol. The van der Waals surface area contributed by atoms with Crippen molar-refractivity contribution in [3.63, 3.8) is 0 Å². The molecule has 3 heteroatoms. The molecule has 0 saturated heterocycles. The Kier molecular flexibility index (Phi) is 2.13. The molecule has 1 heterocycles. The Morgan fingerprint density at radius 1 is 1.42 bits per heavy atom. The summed E-state index contributed by atoms with van der Waals surface area (Å²) in [5.74, 6) is 0.985. The first kappa shape index (κ1) is 9.10. The summed E-state index contributed by atoms with van der Waals surface area (Å²) in [4.78, 5) is 7.16. The van der Waals surface area contributed by atoms with Gasteiger partial charge in [0, 0.05) is 5.41 Å². The lowest BCUT2D eigenvalue weighted by Crippen LogP contribution is -2.13. The predicted octanol–water partition coefficient (Wildman–Crippen LogP) is 1.98. The summed E-state index contributed by atoms with van der Waals surface area (Å²) in [6.45, 7) is 8.17. The second-order valence-electron chi connectivity index (χ2n) is 3.99. The molecule has 0 fully saturated rings. The van der Waals surface area contributed by atoms with E-state index in [1.54, 1.807) is 0 Å². The first-order chi connectivity index (χ1) is 5.45. The van der Waals surface area contributed by atoms with Crippen molar-refractivity contribution in [2.24, 2.45) is 0 Å². The van der Waals surface area contributed by atoms with Crippen LogP contribution in [0.25, 0.3) is 0 Å². The first-order valence-corrected chi connectivity index (χ1v) is 4.23. The summed E-state index contributed by atoms with van der Waals surface area (Å²) < 4.78 is 0. The molecule has 0 aliphatic carbocycles. The quantitative estimate of drug-likeness (QED) is 0.673. The number of rotatable bonds is 1. The van der Waals surface area contributed by atoms with E-state index in [1.807, 2.05) is 6.92 Å². The highest BCUT2D eigenvalue weighted by atomic mass is 16.3. The molecule has 68 valence electrons. The number of imidazole rings is 1. The van der Waals surface area contributed by atoms with Crippen LogP contribution in [0.4, 0.5) is 0 Å². The van der Waals surface area contributed by atoms with E-state index >= 15 is 0 Å². The Balaban J connectivity index is 3.05. The van der Waals surface area contributed by atoms with Gasteiger partial charge in [-0.05, 0) is 6.42 Å². The van der Waals surface area contributed by atoms with Crippen molar-refractivity contribution in [1.29, 1.82) is 0 Å². The topological polar surface area (TPSA) is 48.9 Å². The molecule has 0 radical (unpaired) electrons. The molecule has 1 aromatic heterocycles. The van der Waals surface area contributed by atoms with Crippen LogP contribution in [0.5, 0.6) is 5.88 Å². The molecule has 0 aliphatic rings. The third kappa shape index (κ3) is 1.60. The molecule has 0 unspecified atom stereocenters. The lowest BCUT2D eigenvalue weighted by atomic mass is 9.96. The standard InChI is InChI=1S/C9H16N2O/c1-5-6-7(12)11-8(10-6)9(2,3)4/h12H,5H2,1-4H3,(H,10,11). The van der Waals surface area contributed by atoms with Gasteiger partial charge in [-0.1, -0.05) is 27.7 Å². The number of nitrogens with zero attached hydrogens (tertiary/aromatic N) is 1. The van der Waals surface area contributed by atoms with E-state index in [4.69, 9.17) is 0 Å². The third-order valence-corrected chi connectivity index (χ3v) is 1.82. The molecule has 0 atom stereocenters. The van der Waals surface area contributed by atoms with Crippen molar-refractivity contribution < 1.29 is 5.11 Å². The smallest absolute Gasteiger partial charge is 0.232 e. The van der Waals surface area contributed by atoms with Gasteiger partial charge in [0.15, 0.2) is 0 Å². The van der Waals surface area contributed by atoms with Crippen LogP contribution in [0.2, 0.25) is 0 Å². The van der Waals surface area contributed by atoms with Crippen LogP contribution in [-0.4, -0.2) is 15.1 Å². The average Bonchev–Trinajstić information content (AvgIpc) is 2.29. The molecular formula is C9H16N2O. The summed E-state index contributed by atoms with van der Waals surface area (Å²) >= 11 is 0. The minimum absolute atomic E-state index is 0.0229. The van der Waals surface area contributed by atoms with Crippen LogP contribution in [0.15, 0.2) is 0 Å². The van der Waals surface area contributed by atoms with Crippen molar-refractivity contribution >= 4 is 0 Å². The van der Waals surface area contributed by atoms with Crippen LogP contribution < -0.4 is 0 Å². The van der Waals surface area contributed by atoms with E-state index in [-0.39, 0.29) is 11.3 Å². The highest BCUT2D eigenvalue weighted by Gasteiger charge is 2.19. The maximum atomic E-state index is 9.35. The van der Waals surface area contributed by atoms with Crippen molar-refractivity contribution in [2.75, 3.05) is 0 Å². The number of aryl methyl sites for hydroxylation is 1. The number of aromatic amines is 1. The summed E-state index contributed by atoms with van der Waals surface area (Å²) in [6, 6.07) is 0. The van der Waals surface area contributed by atoms with Gasteiger partial charge in [-0.15, -0.1) is 0 Å². The molecule has 0 amide bonds. The largest absolute Gasteiger partial charge is 0.492 e. The molecule has 1 aromatic rings. The van der Waals surface area contributed by atoms with Gasteiger partial charge in [0.25, 0.3) is 0 Å². The molecular weight excluding hydrogens is 152 g/mol. The van der Waals surface area contributed by atoms with Gasteiger partial charge in [0.05, 0.1) is 5.69 Å². The van der Waals surface area contributed by atoms with Crippen molar-refractivity contribution in [3.05, 3.63) is 11.5 Å². The lowest BCUT2D eigenvalue weighted by Gasteiger charge is -2.13. The molecule has 12 heavy (non-hydrogen) atoms. The molecule has 0 saturated carbocycles. The molecule has 0 bridgehead atoms. The molecule has 0 spiro atoms. The number of hydrogen-bond donors (Lipinski definition) is 2. The highest BCUT2D eigenvalue weighted by molar-refractivity contribution is 5.22. The maximum absolute atomic E-state index is 9.35. The fraction of sp³-hybridized carbons (Fsp3) is 0.667. The van der Waals surface area contributed by atoms with Crippen LogP contribution in [-0.2, 0) is 11.8 Å². The van der Waals surface area contributed by atoms with Crippen LogP contribution in [0.1, 0.15) is 39.2 Å². The van der Waals surface area contributed by atoms with Gasteiger partial charge in [-0.25, -0.2) is 0 Å². The van der Waals surface area contributed by atoms with Gasteiger partial charge in [0.2, 0.25) is 5.88 Å². The number of aromatic nitrogens is 2. The van der Waals surface area contributed by atoms with E-state index < -0.39 is 0 Å². The third-order valence-electron chi connectivity index (χ3n) is 1.82. The number of aromatic hydroxyl groups is 1. The Morgan fingerprint density at radius 2 is 2.00 bits per heavy atom. The molecule has 3 nitrogen and oxygen atoms in total. The van der Waals surface area contributed by atoms with Gasteiger partial charge >= 0.3 is 0 Å². The Hall–Kier alpha value is -0.990. The minimum atomic E-state index is -0.0229. The fourth-order valence-corrected chi connectivity index (χ4v) is 1.00. The molecule has 0 aromatic carbocycles. The van der Waals surface area contributed by atoms with Crippen molar-refractivity contribution in [2.45, 2.75) is 39.5 Å². The van der Waals surface area contributed by atoms with Crippen LogP contribution in [0, 0.1) is 0 Å². The molecule has 2 N–H and O–H groups in total. The summed E-state index contributed by atoms with van der Waals surface area (Å²) in [6.07, 6.45) is 0.787. The second-order valence-corrected chi connectivity index (χ2v) is 3.99.